The van der Waals surface area contributed by atoms with Crippen LogP contribution in [0.3, 0.4) is 0 Å². The highest BCUT2D eigenvalue weighted by molar-refractivity contribution is 5.52. The first-order chi connectivity index (χ1) is 7.69. The van der Waals surface area contributed by atoms with Crippen molar-refractivity contribution in [3.8, 4) is 0 Å². The van der Waals surface area contributed by atoms with Gasteiger partial charge in [0.1, 0.15) is 5.65 Å². The molecule has 92 valence electrons. The van der Waals surface area contributed by atoms with E-state index in [4.69, 9.17) is 4.98 Å². The van der Waals surface area contributed by atoms with Crippen LogP contribution < -0.4 is 0 Å². The molecule has 0 fully saturated rings. The summed E-state index contributed by atoms with van der Waals surface area (Å²) in [6.07, 6.45) is 4.22. The molecule has 0 aromatic carbocycles. The Labute approximate surface area is 104 Å². The highest BCUT2D eigenvalue weighted by Gasteiger charge is 2.22. The molecule has 2 heterocycles. The molecule has 0 aliphatic rings. The maximum absolute atomic E-state index is 4.81. The van der Waals surface area contributed by atoms with Crippen molar-refractivity contribution in [1.82, 2.24) is 9.38 Å². The lowest BCUT2D eigenvalue weighted by Crippen LogP contribution is -2.13. The summed E-state index contributed by atoms with van der Waals surface area (Å²) in [6, 6.07) is 4.27. The highest BCUT2D eigenvalue weighted by Crippen LogP contribution is 2.28. The predicted molar refractivity (Wildman–Crippen MR) is 72.6 cm³/mol. The van der Waals surface area contributed by atoms with Gasteiger partial charge in [0.15, 0.2) is 0 Å². The van der Waals surface area contributed by atoms with Gasteiger partial charge in [0.2, 0.25) is 0 Å². The quantitative estimate of drug-likeness (QED) is 0.670. The van der Waals surface area contributed by atoms with Crippen molar-refractivity contribution in [2.75, 3.05) is 0 Å². The van der Waals surface area contributed by atoms with E-state index < -0.39 is 0 Å². The Bertz CT molecular complexity index is 536. The van der Waals surface area contributed by atoms with Crippen molar-refractivity contribution in [3.63, 3.8) is 0 Å². The minimum absolute atomic E-state index is 0.0984. The molecule has 0 N–H and O–H groups in total. The van der Waals surface area contributed by atoms with Crippen LogP contribution >= 0.6 is 0 Å². The number of imidazole rings is 1. The molecule has 2 aromatic rings. The van der Waals surface area contributed by atoms with Crippen molar-refractivity contribution >= 4 is 5.65 Å². The van der Waals surface area contributed by atoms with Gasteiger partial charge in [-0.05, 0) is 11.5 Å². The number of rotatable bonds is 0. The molecule has 0 saturated heterocycles. The van der Waals surface area contributed by atoms with Crippen LogP contribution in [0.15, 0.2) is 24.5 Å². The summed E-state index contributed by atoms with van der Waals surface area (Å²) >= 11 is 0. The first kappa shape index (κ1) is 12.2. The summed E-state index contributed by atoms with van der Waals surface area (Å²) < 4.78 is 2.14. The second kappa shape index (κ2) is 3.59. The molecule has 0 radical (unpaired) electrons. The van der Waals surface area contributed by atoms with Crippen LogP contribution in [0.1, 0.15) is 52.8 Å². The van der Waals surface area contributed by atoms with Crippen molar-refractivity contribution in [1.29, 1.82) is 0 Å². The topological polar surface area (TPSA) is 17.3 Å². The van der Waals surface area contributed by atoms with Gasteiger partial charge >= 0.3 is 0 Å². The van der Waals surface area contributed by atoms with E-state index in [1.807, 2.05) is 0 Å². The molecule has 0 saturated carbocycles. The number of aromatic nitrogens is 2. The normalized spacial score (nSPS) is 13.3. The van der Waals surface area contributed by atoms with E-state index in [1.165, 1.54) is 5.56 Å². The lowest BCUT2D eigenvalue weighted by Gasteiger charge is -2.19. The van der Waals surface area contributed by atoms with Crippen molar-refractivity contribution in [3.05, 3.63) is 35.8 Å². The fourth-order valence-corrected chi connectivity index (χ4v) is 1.96. The summed E-state index contributed by atoms with van der Waals surface area (Å²) in [5, 5.41) is 0. The minimum atomic E-state index is 0.0984. The van der Waals surface area contributed by atoms with Crippen LogP contribution in [0.25, 0.3) is 5.65 Å². The Kier molecular flexibility index (Phi) is 2.57. The van der Waals surface area contributed by atoms with Crippen LogP contribution in [0.2, 0.25) is 0 Å². The number of pyridine rings is 1. The second-order valence-electron chi connectivity index (χ2n) is 6.78. The largest absolute Gasteiger partial charge is 0.307 e. The van der Waals surface area contributed by atoms with E-state index in [-0.39, 0.29) is 10.8 Å². The van der Waals surface area contributed by atoms with Gasteiger partial charge in [-0.1, -0.05) is 47.6 Å². The van der Waals surface area contributed by atoms with E-state index >= 15 is 0 Å². The van der Waals surface area contributed by atoms with Gasteiger partial charge in [0.25, 0.3) is 0 Å². The standard InChI is InChI=1S/C15H22N2/c1-14(2,3)11-8-7-9-17-10-12(15(4,5)6)16-13(11)17/h7-10H,1-6H3. The van der Waals surface area contributed by atoms with Crippen LogP contribution in [0, 0.1) is 0 Å². The van der Waals surface area contributed by atoms with Crippen LogP contribution in [0.4, 0.5) is 0 Å². The molecular formula is C15H22N2. The summed E-state index contributed by atoms with van der Waals surface area (Å²) in [5.74, 6) is 0. The molecule has 2 nitrogen and oxygen atoms in total. The third-order valence-corrected chi connectivity index (χ3v) is 3.06. The van der Waals surface area contributed by atoms with Gasteiger partial charge < -0.3 is 4.40 Å². The Morgan fingerprint density at radius 3 is 2.18 bits per heavy atom. The predicted octanol–water partition coefficient (Wildman–Crippen LogP) is 3.93. The SMILES string of the molecule is CC(C)(C)c1cn2cccc(C(C)(C)C)c2n1. The summed E-state index contributed by atoms with van der Waals surface area (Å²) in [6.45, 7) is 13.3. The van der Waals surface area contributed by atoms with Crippen molar-refractivity contribution in [2.45, 2.75) is 52.4 Å². The highest BCUT2D eigenvalue weighted by atomic mass is 15.0. The van der Waals surface area contributed by atoms with E-state index in [0.29, 0.717) is 0 Å². The monoisotopic (exact) mass is 230 g/mol. The first-order valence-corrected chi connectivity index (χ1v) is 6.18. The third-order valence-electron chi connectivity index (χ3n) is 3.06. The second-order valence-corrected chi connectivity index (χ2v) is 6.78. The van der Waals surface area contributed by atoms with Crippen molar-refractivity contribution < 1.29 is 0 Å². The Balaban J connectivity index is 2.70. The molecule has 0 unspecified atom stereocenters. The molecule has 0 atom stereocenters. The average Bonchev–Trinajstić information content (AvgIpc) is 2.57. The minimum Gasteiger partial charge on any atom is -0.307 e. The molecule has 0 spiro atoms. The summed E-state index contributed by atoms with van der Waals surface area (Å²) in [5.41, 5.74) is 3.76. The lowest BCUT2D eigenvalue weighted by molar-refractivity contribution is 0.571. The van der Waals surface area contributed by atoms with Crippen molar-refractivity contribution in [2.24, 2.45) is 0 Å². The molecule has 0 aliphatic carbocycles. The molecule has 2 rings (SSSR count). The number of hydrogen-bond acceptors (Lipinski definition) is 1. The Morgan fingerprint density at radius 1 is 1.00 bits per heavy atom. The van der Waals surface area contributed by atoms with E-state index in [9.17, 15) is 0 Å². The summed E-state index contributed by atoms with van der Waals surface area (Å²) in [4.78, 5) is 4.81. The lowest BCUT2D eigenvalue weighted by atomic mass is 9.88. The zero-order valence-corrected chi connectivity index (χ0v) is 11.7. The smallest absolute Gasteiger partial charge is 0.140 e. The van der Waals surface area contributed by atoms with Gasteiger partial charge in [-0.3, -0.25) is 0 Å². The van der Waals surface area contributed by atoms with Gasteiger partial charge in [-0.25, -0.2) is 4.98 Å². The van der Waals surface area contributed by atoms with Gasteiger partial charge in [-0.15, -0.1) is 0 Å². The third kappa shape index (κ3) is 2.21. The van der Waals surface area contributed by atoms with E-state index in [0.717, 1.165) is 11.3 Å². The molecule has 2 aromatic heterocycles. The zero-order chi connectivity index (χ0) is 12.8. The number of fused-ring (bicyclic) bond motifs is 1. The molecule has 0 aliphatic heterocycles. The Hall–Kier alpha value is -1.31. The Morgan fingerprint density at radius 2 is 1.65 bits per heavy atom. The number of hydrogen-bond donors (Lipinski definition) is 0. The van der Waals surface area contributed by atoms with Gasteiger partial charge in [-0.2, -0.15) is 0 Å². The number of nitrogens with zero attached hydrogens (tertiary/aromatic N) is 2. The first-order valence-electron chi connectivity index (χ1n) is 6.18. The van der Waals surface area contributed by atoms with E-state index in [2.05, 4.69) is 70.5 Å². The zero-order valence-electron chi connectivity index (χ0n) is 11.7. The summed E-state index contributed by atoms with van der Waals surface area (Å²) in [7, 11) is 0. The molecule has 0 bridgehead atoms. The average molecular weight is 230 g/mol. The maximum Gasteiger partial charge on any atom is 0.140 e. The fraction of sp³-hybridized carbons (Fsp3) is 0.533. The molecule has 0 amide bonds. The molecule has 2 heteroatoms. The molecular weight excluding hydrogens is 208 g/mol. The van der Waals surface area contributed by atoms with Gasteiger partial charge in [0, 0.05) is 23.4 Å². The van der Waals surface area contributed by atoms with Crippen LogP contribution in [-0.4, -0.2) is 9.38 Å². The fourth-order valence-electron chi connectivity index (χ4n) is 1.96. The van der Waals surface area contributed by atoms with Crippen LogP contribution in [0.5, 0.6) is 0 Å². The van der Waals surface area contributed by atoms with Gasteiger partial charge in [0.05, 0.1) is 5.69 Å². The molecule has 17 heavy (non-hydrogen) atoms. The van der Waals surface area contributed by atoms with E-state index in [1.54, 1.807) is 0 Å². The maximum atomic E-state index is 4.81. The van der Waals surface area contributed by atoms with Crippen LogP contribution in [-0.2, 0) is 10.8 Å².